The van der Waals surface area contributed by atoms with E-state index < -0.39 is 5.92 Å². The maximum absolute atomic E-state index is 13.9. The third-order valence-electron chi connectivity index (χ3n) is 5.58. The lowest BCUT2D eigenvalue weighted by molar-refractivity contribution is -0.131. The maximum atomic E-state index is 13.9. The smallest absolute Gasteiger partial charge is 0.273 e. The molecule has 2 aromatic carbocycles. The number of H-pyrrole nitrogens is 1. The van der Waals surface area contributed by atoms with Crippen molar-refractivity contribution in [2.24, 2.45) is 0 Å². The van der Waals surface area contributed by atoms with Gasteiger partial charge in [-0.1, -0.05) is 49.4 Å². The number of amides is 1. The molecule has 0 radical (unpaired) electrons. The number of rotatable bonds is 5. The van der Waals surface area contributed by atoms with Crippen LogP contribution in [0.3, 0.4) is 0 Å². The molecule has 1 N–H and O–H groups in total. The Morgan fingerprint density at radius 3 is 2.72 bits per heavy atom. The fourth-order valence-corrected chi connectivity index (χ4v) is 3.85. The number of hydrogen-bond acceptors (Lipinski definition) is 2. The van der Waals surface area contributed by atoms with Crippen LogP contribution in [0.1, 0.15) is 37.2 Å². The highest BCUT2D eigenvalue weighted by atomic mass is 19.3. The van der Waals surface area contributed by atoms with Crippen LogP contribution < -0.4 is 0 Å². The molecule has 0 unspecified atom stereocenters. The van der Waals surface area contributed by atoms with Crippen molar-refractivity contribution in [2.45, 2.75) is 38.7 Å². The molecule has 152 valence electrons. The van der Waals surface area contributed by atoms with Crippen LogP contribution >= 0.6 is 0 Å². The van der Waals surface area contributed by atoms with Gasteiger partial charge in [0.2, 0.25) is 5.91 Å². The molecule has 4 nitrogen and oxygen atoms in total. The zero-order valence-electron chi connectivity index (χ0n) is 16.3. The van der Waals surface area contributed by atoms with Gasteiger partial charge < -0.3 is 9.88 Å². The van der Waals surface area contributed by atoms with Crippen molar-refractivity contribution in [3.63, 3.8) is 0 Å². The molecule has 6 heteroatoms. The summed E-state index contributed by atoms with van der Waals surface area (Å²) in [5, 5.41) is 0. The Hall–Kier alpha value is -3.02. The Kier molecular flexibility index (Phi) is 5.18. The Morgan fingerprint density at radius 2 is 2.03 bits per heavy atom. The molecule has 2 heterocycles. The van der Waals surface area contributed by atoms with Gasteiger partial charge in [0.1, 0.15) is 0 Å². The minimum Gasteiger partial charge on any atom is -0.348 e. The van der Waals surface area contributed by atoms with Crippen molar-refractivity contribution in [2.75, 3.05) is 6.54 Å². The summed E-state index contributed by atoms with van der Waals surface area (Å²) in [6.45, 7) is 2.69. The summed E-state index contributed by atoms with van der Waals surface area (Å²) in [7, 11) is 0. The molecule has 3 aromatic rings. The number of carbonyl (C=O) groups excluding carboxylic acids is 1. The molecule has 4 rings (SSSR count). The van der Waals surface area contributed by atoms with Gasteiger partial charge in [-0.2, -0.15) is 0 Å². The standard InChI is InChI=1S/C23H23F2N3O.H2/c1-2-23(24,25)18-8-6-16(7-9-18)20-5-3-4-17-14-28(11-10-21(17)20)22(29)12-19-13-26-15-27-19;/h3-9,13,15H,2,10-12,14H2,1H3,(H,26,27);1H. The van der Waals surface area contributed by atoms with Gasteiger partial charge in [0.25, 0.3) is 5.92 Å². The summed E-state index contributed by atoms with van der Waals surface area (Å²) in [4.78, 5) is 21.4. The molecule has 0 aliphatic carbocycles. The van der Waals surface area contributed by atoms with Crippen molar-refractivity contribution in [3.05, 3.63) is 77.4 Å². The second-order valence-corrected chi connectivity index (χ2v) is 7.40. The van der Waals surface area contributed by atoms with Crippen LogP contribution in [0.25, 0.3) is 11.1 Å². The van der Waals surface area contributed by atoms with Crippen molar-refractivity contribution in [1.29, 1.82) is 0 Å². The highest BCUT2D eigenvalue weighted by Crippen LogP contribution is 2.35. The first kappa shape index (κ1) is 19.3. The van der Waals surface area contributed by atoms with Gasteiger partial charge in [-0.25, -0.2) is 13.8 Å². The van der Waals surface area contributed by atoms with E-state index in [1.54, 1.807) is 24.7 Å². The number of halogens is 2. The molecular formula is C23H25F2N3O. The van der Waals surface area contributed by atoms with E-state index in [-0.39, 0.29) is 19.3 Å². The molecule has 1 aliphatic rings. The van der Waals surface area contributed by atoms with Crippen LogP contribution in [0.2, 0.25) is 0 Å². The van der Waals surface area contributed by atoms with Gasteiger partial charge in [-0.05, 0) is 28.7 Å². The zero-order valence-corrected chi connectivity index (χ0v) is 16.3. The van der Waals surface area contributed by atoms with E-state index in [1.165, 1.54) is 24.6 Å². The minimum atomic E-state index is -2.80. The number of nitrogens with zero attached hydrogens (tertiary/aromatic N) is 2. The summed E-state index contributed by atoms with van der Waals surface area (Å²) in [5.41, 5.74) is 5.12. The van der Waals surface area contributed by atoms with Gasteiger partial charge in [0, 0.05) is 38.4 Å². The molecule has 1 aromatic heterocycles. The minimum absolute atomic E-state index is 0. The number of nitrogens with one attached hydrogen (secondary N) is 1. The summed E-state index contributed by atoms with van der Waals surface area (Å²) < 4.78 is 27.8. The molecule has 0 fully saturated rings. The summed E-state index contributed by atoms with van der Waals surface area (Å²) in [5.74, 6) is -2.74. The molecule has 0 bridgehead atoms. The van der Waals surface area contributed by atoms with E-state index >= 15 is 0 Å². The number of aromatic nitrogens is 2. The Labute approximate surface area is 170 Å². The van der Waals surface area contributed by atoms with Crippen LogP contribution in [-0.2, 0) is 30.1 Å². The molecule has 1 amide bonds. The van der Waals surface area contributed by atoms with Crippen LogP contribution in [0.4, 0.5) is 8.78 Å². The van der Waals surface area contributed by atoms with E-state index in [9.17, 15) is 13.6 Å². The molecule has 0 saturated carbocycles. The highest BCUT2D eigenvalue weighted by molar-refractivity contribution is 5.79. The van der Waals surface area contributed by atoms with Crippen LogP contribution in [0.5, 0.6) is 0 Å². The Bertz CT molecular complexity index is 1000. The predicted octanol–water partition coefficient (Wildman–Crippen LogP) is 4.95. The lowest BCUT2D eigenvalue weighted by atomic mass is 9.90. The quantitative estimate of drug-likeness (QED) is 0.662. The van der Waals surface area contributed by atoms with Crippen LogP contribution in [-0.4, -0.2) is 27.3 Å². The number of carbonyl (C=O) groups is 1. The number of benzene rings is 2. The normalized spacial score (nSPS) is 14.0. The van der Waals surface area contributed by atoms with Gasteiger partial charge in [-0.3, -0.25) is 4.79 Å². The summed E-state index contributed by atoms with van der Waals surface area (Å²) >= 11 is 0. The van der Waals surface area contributed by atoms with E-state index in [0.29, 0.717) is 19.5 Å². The SMILES string of the molecule is CCC(F)(F)c1ccc(-c2cccc3c2CCN(C(=O)Cc2cnc[nH]2)C3)cc1.[HH]. The second kappa shape index (κ2) is 7.78. The van der Waals surface area contributed by atoms with Gasteiger partial charge in [0.15, 0.2) is 0 Å². The molecule has 29 heavy (non-hydrogen) atoms. The number of fused-ring (bicyclic) bond motifs is 1. The monoisotopic (exact) mass is 397 g/mol. The van der Waals surface area contributed by atoms with E-state index in [0.717, 1.165) is 28.8 Å². The predicted molar refractivity (Wildman–Crippen MR) is 110 cm³/mol. The Balaban J connectivity index is 0.00000256. The summed E-state index contributed by atoms with van der Waals surface area (Å²) in [6, 6.07) is 12.6. The van der Waals surface area contributed by atoms with Gasteiger partial charge >= 0.3 is 0 Å². The van der Waals surface area contributed by atoms with Crippen molar-refractivity contribution < 1.29 is 15.0 Å². The topological polar surface area (TPSA) is 49.0 Å². The number of alkyl halides is 2. The third-order valence-corrected chi connectivity index (χ3v) is 5.58. The molecule has 1 aliphatic heterocycles. The van der Waals surface area contributed by atoms with Crippen molar-refractivity contribution in [3.8, 4) is 11.1 Å². The Morgan fingerprint density at radius 1 is 1.24 bits per heavy atom. The molecule has 0 spiro atoms. The molecular weight excluding hydrogens is 372 g/mol. The first-order chi connectivity index (χ1) is 14.0. The van der Waals surface area contributed by atoms with Gasteiger partial charge in [-0.15, -0.1) is 0 Å². The first-order valence-electron chi connectivity index (χ1n) is 9.82. The number of hydrogen-bond donors (Lipinski definition) is 1. The van der Waals surface area contributed by atoms with E-state index in [2.05, 4.69) is 9.97 Å². The zero-order chi connectivity index (χ0) is 20.4. The summed E-state index contributed by atoms with van der Waals surface area (Å²) in [6.07, 6.45) is 4.08. The molecule has 0 saturated heterocycles. The number of aromatic amines is 1. The van der Waals surface area contributed by atoms with Crippen molar-refractivity contribution >= 4 is 5.91 Å². The van der Waals surface area contributed by atoms with Crippen LogP contribution in [0, 0.1) is 0 Å². The van der Waals surface area contributed by atoms with E-state index in [1.807, 2.05) is 23.1 Å². The second-order valence-electron chi connectivity index (χ2n) is 7.40. The largest absolute Gasteiger partial charge is 0.348 e. The highest BCUT2D eigenvalue weighted by Gasteiger charge is 2.29. The lowest BCUT2D eigenvalue weighted by Gasteiger charge is -2.30. The third kappa shape index (κ3) is 3.92. The fourth-order valence-electron chi connectivity index (χ4n) is 3.85. The lowest BCUT2D eigenvalue weighted by Crippen LogP contribution is -2.37. The maximum Gasteiger partial charge on any atom is 0.273 e. The average Bonchev–Trinajstić information content (AvgIpc) is 3.26. The van der Waals surface area contributed by atoms with Gasteiger partial charge in [0.05, 0.1) is 12.7 Å². The first-order valence-corrected chi connectivity index (χ1v) is 9.82. The van der Waals surface area contributed by atoms with Crippen LogP contribution in [0.15, 0.2) is 55.0 Å². The molecule has 0 atom stereocenters. The van der Waals surface area contributed by atoms with E-state index in [4.69, 9.17) is 0 Å². The number of imidazole rings is 1. The fraction of sp³-hybridized carbons (Fsp3) is 0.304. The average molecular weight is 397 g/mol. The van der Waals surface area contributed by atoms with Crippen molar-refractivity contribution in [1.82, 2.24) is 14.9 Å².